The molecule has 1 aliphatic carbocycles. The minimum atomic E-state index is 0.262. The monoisotopic (exact) mass is 293 g/mol. The summed E-state index contributed by atoms with van der Waals surface area (Å²) in [4.78, 5) is 8.83. The molecule has 5 heteroatoms. The minimum absolute atomic E-state index is 0.262. The summed E-state index contributed by atoms with van der Waals surface area (Å²) in [5, 5.41) is 3.05. The molecule has 0 aromatic carbocycles. The third kappa shape index (κ3) is 4.84. The molecular weight excluding hydrogens is 266 g/mol. The molecule has 0 radical (unpaired) electrons. The first-order valence-corrected chi connectivity index (χ1v) is 7.82. The fraction of sp³-hybridized carbons (Fsp3) is 0.750. The zero-order valence-corrected chi connectivity index (χ0v) is 13.6. The van der Waals surface area contributed by atoms with Gasteiger partial charge >= 0.3 is 0 Å². The van der Waals surface area contributed by atoms with Gasteiger partial charge in [0.1, 0.15) is 18.5 Å². The molecule has 1 heterocycles. The van der Waals surface area contributed by atoms with Crippen LogP contribution in [-0.2, 0) is 11.3 Å². The number of nitrogens with zero attached hydrogens (tertiary/aromatic N) is 2. The molecule has 0 saturated heterocycles. The van der Waals surface area contributed by atoms with E-state index in [4.69, 9.17) is 9.47 Å². The SMILES string of the molecule is CCOCc1nc(NC)cc(OC2CCC(C)(C)CC2)n1. The van der Waals surface area contributed by atoms with Crippen molar-refractivity contribution in [2.75, 3.05) is 19.0 Å². The first-order valence-electron chi connectivity index (χ1n) is 7.82. The van der Waals surface area contributed by atoms with Crippen LogP contribution in [0.3, 0.4) is 0 Å². The van der Waals surface area contributed by atoms with E-state index in [1.807, 2.05) is 20.0 Å². The highest BCUT2D eigenvalue weighted by molar-refractivity contribution is 5.37. The van der Waals surface area contributed by atoms with Crippen LogP contribution in [0.25, 0.3) is 0 Å². The van der Waals surface area contributed by atoms with Gasteiger partial charge in [-0.05, 0) is 38.0 Å². The second kappa shape index (κ2) is 7.07. The van der Waals surface area contributed by atoms with Gasteiger partial charge in [0.05, 0.1) is 0 Å². The summed E-state index contributed by atoms with van der Waals surface area (Å²) in [6.07, 6.45) is 4.85. The number of hydrogen-bond acceptors (Lipinski definition) is 5. The van der Waals surface area contributed by atoms with Gasteiger partial charge in [-0.2, -0.15) is 4.98 Å². The van der Waals surface area contributed by atoms with Crippen molar-refractivity contribution in [1.82, 2.24) is 9.97 Å². The molecule has 118 valence electrons. The van der Waals surface area contributed by atoms with Gasteiger partial charge in [0.2, 0.25) is 5.88 Å². The largest absolute Gasteiger partial charge is 0.474 e. The Kier molecular flexibility index (Phi) is 5.39. The Hall–Kier alpha value is -1.36. The van der Waals surface area contributed by atoms with Crippen molar-refractivity contribution in [3.05, 3.63) is 11.9 Å². The molecule has 1 aliphatic rings. The summed E-state index contributed by atoms with van der Waals surface area (Å²) in [7, 11) is 1.85. The van der Waals surface area contributed by atoms with Crippen molar-refractivity contribution in [3.8, 4) is 5.88 Å². The van der Waals surface area contributed by atoms with Crippen LogP contribution >= 0.6 is 0 Å². The van der Waals surface area contributed by atoms with E-state index in [9.17, 15) is 0 Å². The summed E-state index contributed by atoms with van der Waals surface area (Å²) in [6, 6.07) is 1.86. The quantitative estimate of drug-likeness (QED) is 0.871. The van der Waals surface area contributed by atoms with Gasteiger partial charge in [-0.1, -0.05) is 13.8 Å². The molecule has 0 bridgehead atoms. The maximum Gasteiger partial charge on any atom is 0.219 e. The second-order valence-corrected chi connectivity index (χ2v) is 6.38. The maximum absolute atomic E-state index is 6.07. The topological polar surface area (TPSA) is 56.3 Å². The van der Waals surface area contributed by atoms with E-state index >= 15 is 0 Å². The highest BCUT2D eigenvalue weighted by atomic mass is 16.5. The standard InChI is InChI=1S/C16H27N3O2/c1-5-20-11-14-18-13(17-4)10-15(19-14)21-12-6-8-16(2,3)9-7-12/h10,12H,5-9,11H2,1-4H3,(H,17,18,19). The molecule has 1 N–H and O–H groups in total. The predicted molar refractivity (Wildman–Crippen MR) is 83.6 cm³/mol. The molecular formula is C16H27N3O2. The smallest absolute Gasteiger partial charge is 0.219 e. The van der Waals surface area contributed by atoms with Gasteiger partial charge in [0, 0.05) is 19.7 Å². The minimum Gasteiger partial charge on any atom is -0.474 e. The zero-order chi connectivity index (χ0) is 15.3. The third-order valence-corrected chi connectivity index (χ3v) is 4.01. The molecule has 0 atom stereocenters. The molecule has 2 rings (SSSR count). The molecule has 0 spiro atoms. The molecule has 0 amide bonds. The number of rotatable bonds is 6. The average molecular weight is 293 g/mol. The summed E-state index contributed by atoms with van der Waals surface area (Å²) >= 11 is 0. The van der Waals surface area contributed by atoms with E-state index < -0.39 is 0 Å². The molecule has 21 heavy (non-hydrogen) atoms. The molecule has 1 fully saturated rings. The highest BCUT2D eigenvalue weighted by Crippen LogP contribution is 2.36. The van der Waals surface area contributed by atoms with Gasteiger partial charge in [0.15, 0.2) is 5.82 Å². The summed E-state index contributed by atoms with van der Waals surface area (Å²) in [5.41, 5.74) is 0.446. The molecule has 0 aliphatic heterocycles. The van der Waals surface area contributed by atoms with Gasteiger partial charge < -0.3 is 14.8 Å². The fourth-order valence-corrected chi connectivity index (χ4v) is 2.58. The zero-order valence-electron chi connectivity index (χ0n) is 13.6. The Morgan fingerprint density at radius 2 is 2.00 bits per heavy atom. The van der Waals surface area contributed by atoms with E-state index in [1.165, 1.54) is 12.8 Å². The summed E-state index contributed by atoms with van der Waals surface area (Å²) < 4.78 is 11.4. The molecule has 1 aromatic heterocycles. The Morgan fingerprint density at radius 3 is 2.62 bits per heavy atom. The lowest BCUT2D eigenvalue weighted by Crippen LogP contribution is -2.28. The number of nitrogens with one attached hydrogen (secondary N) is 1. The molecule has 1 aromatic rings. The number of ether oxygens (including phenoxy) is 2. The predicted octanol–water partition coefficient (Wildman–Crippen LogP) is 3.40. The van der Waals surface area contributed by atoms with Crippen molar-refractivity contribution in [2.45, 2.75) is 59.2 Å². The Labute approximate surface area is 127 Å². The number of hydrogen-bond donors (Lipinski definition) is 1. The third-order valence-electron chi connectivity index (χ3n) is 4.01. The van der Waals surface area contributed by atoms with Gasteiger partial charge in [-0.25, -0.2) is 4.98 Å². The van der Waals surface area contributed by atoms with Gasteiger partial charge in [-0.15, -0.1) is 0 Å². The van der Waals surface area contributed by atoms with Crippen molar-refractivity contribution >= 4 is 5.82 Å². The van der Waals surface area contributed by atoms with Gasteiger partial charge in [0.25, 0.3) is 0 Å². The van der Waals surface area contributed by atoms with Crippen molar-refractivity contribution in [1.29, 1.82) is 0 Å². The fourth-order valence-electron chi connectivity index (χ4n) is 2.58. The van der Waals surface area contributed by atoms with Crippen LogP contribution in [0.2, 0.25) is 0 Å². The summed E-state index contributed by atoms with van der Waals surface area (Å²) in [5.74, 6) is 2.08. The van der Waals surface area contributed by atoms with Crippen LogP contribution < -0.4 is 10.1 Å². The Morgan fingerprint density at radius 1 is 1.29 bits per heavy atom. The van der Waals surface area contributed by atoms with Crippen LogP contribution in [0.4, 0.5) is 5.82 Å². The molecule has 5 nitrogen and oxygen atoms in total. The Bertz CT molecular complexity index is 453. The van der Waals surface area contributed by atoms with E-state index in [2.05, 4.69) is 29.1 Å². The average Bonchev–Trinajstić information content (AvgIpc) is 2.47. The van der Waals surface area contributed by atoms with E-state index in [-0.39, 0.29) is 6.10 Å². The van der Waals surface area contributed by atoms with Crippen molar-refractivity contribution in [2.24, 2.45) is 5.41 Å². The lowest BCUT2D eigenvalue weighted by Gasteiger charge is -2.34. The van der Waals surface area contributed by atoms with Gasteiger partial charge in [-0.3, -0.25) is 0 Å². The van der Waals surface area contributed by atoms with E-state index in [0.29, 0.717) is 30.3 Å². The normalized spacial score (nSPS) is 18.5. The lowest BCUT2D eigenvalue weighted by atomic mass is 9.76. The van der Waals surface area contributed by atoms with Crippen LogP contribution in [0.15, 0.2) is 6.07 Å². The van der Waals surface area contributed by atoms with Crippen LogP contribution in [-0.4, -0.2) is 29.7 Å². The lowest BCUT2D eigenvalue weighted by molar-refractivity contribution is 0.0926. The maximum atomic E-state index is 6.07. The first kappa shape index (κ1) is 16.0. The highest BCUT2D eigenvalue weighted by Gasteiger charge is 2.28. The van der Waals surface area contributed by atoms with E-state index in [0.717, 1.165) is 18.7 Å². The summed E-state index contributed by atoms with van der Waals surface area (Å²) in [6.45, 7) is 7.69. The van der Waals surface area contributed by atoms with Crippen LogP contribution in [0.5, 0.6) is 5.88 Å². The van der Waals surface area contributed by atoms with Crippen molar-refractivity contribution in [3.63, 3.8) is 0 Å². The first-order chi connectivity index (χ1) is 10.0. The van der Waals surface area contributed by atoms with Crippen LogP contribution in [0.1, 0.15) is 52.3 Å². The Balaban J connectivity index is 2.01. The van der Waals surface area contributed by atoms with Crippen molar-refractivity contribution < 1.29 is 9.47 Å². The second-order valence-electron chi connectivity index (χ2n) is 6.38. The number of anilines is 1. The number of aromatic nitrogens is 2. The molecule has 1 saturated carbocycles. The van der Waals surface area contributed by atoms with E-state index in [1.54, 1.807) is 0 Å². The molecule has 0 unspecified atom stereocenters. The van der Waals surface area contributed by atoms with Crippen LogP contribution in [0, 0.1) is 5.41 Å².